The van der Waals surface area contributed by atoms with Gasteiger partial charge in [0.1, 0.15) is 6.04 Å². The van der Waals surface area contributed by atoms with Gasteiger partial charge in [-0.3, -0.25) is 14.8 Å². The highest BCUT2D eigenvalue weighted by Crippen LogP contribution is 2.21. The maximum absolute atomic E-state index is 12.4. The number of hydroxylamine groups is 1. The van der Waals surface area contributed by atoms with Crippen LogP contribution in [-0.2, 0) is 17.9 Å². The van der Waals surface area contributed by atoms with Crippen molar-refractivity contribution in [2.45, 2.75) is 32.2 Å². The van der Waals surface area contributed by atoms with Crippen LogP contribution in [0.25, 0.3) is 11.1 Å². The van der Waals surface area contributed by atoms with Gasteiger partial charge in [0.15, 0.2) is 0 Å². The first kappa shape index (κ1) is 22.6. The second-order valence-electron chi connectivity index (χ2n) is 7.12. The standard InChI is InChI=1S/C23H25N3O4S/c1-15(27)21(23(29)26-30)25-22(28)19-10-8-18(9-11-19)17-6-4-16(5-7-17)13-24-14-20-3-2-12-31-20/h2-12,15,21,24,27,30H,13-14H2,1H3,(H,25,28)(H,26,29)/t15-,21+/m1/s1. The van der Waals surface area contributed by atoms with Crippen molar-refractivity contribution in [3.8, 4) is 11.1 Å². The molecule has 2 aromatic carbocycles. The zero-order chi connectivity index (χ0) is 22.2. The Hall–Kier alpha value is -3.04. The van der Waals surface area contributed by atoms with Crippen LogP contribution in [0.1, 0.15) is 27.7 Å². The van der Waals surface area contributed by atoms with Gasteiger partial charge in [0.25, 0.3) is 11.8 Å². The van der Waals surface area contributed by atoms with Gasteiger partial charge in [0, 0.05) is 23.5 Å². The van der Waals surface area contributed by atoms with Crippen LogP contribution in [0.5, 0.6) is 0 Å². The van der Waals surface area contributed by atoms with Crippen LogP contribution >= 0.6 is 11.3 Å². The molecule has 0 unspecified atom stereocenters. The third-order valence-electron chi connectivity index (χ3n) is 4.80. The number of rotatable bonds is 9. The third-order valence-corrected chi connectivity index (χ3v) is 5.68. The summed E-state index contributed by atoms with van der Waals surface area (Å²) in [6.07, 6.45) is -1.16. The predicted octanol–water partition coefficient (Wildman–Crippen LogP) is 2.69. The molecule has 2 atom stereocenters. The van der Waals surface area contributed by atoms with E-state index in [-0.39, 0.29) is 0 Å². The number of thiophene rings is 1. The van der Waals surface area contributed by atoms with Crippen molar-refractivity contribution in [1.82, 2.24) is 16.1 Å². The van der Waals surface area contributed by atoms with Gasteiger partial charge in [0.05, 0.1) is 6.10 Å². The number of aliphatic hydroxyl groups is 1. The van der Waals surface area contributed by atoms with E-state index in [0.717, 1.165) is 24.2 Å². The molecule has 3 aromatic rings. The molecule has 1 heterocycles. The molecule has 0 saturated heterocycles. The molecule has 0 aliphatic rings. The van der Waals surface area contributed by atoms with Crippen molar-refractivity contribution in [3.05, 3.63) is 82.0 Å². The minimum Gasteiger partial charge on any atom is -0.391 e. The Labute approximate surface area is 184 Å². The second kappa shape index (κ2) is 10.8. The van der Waals surface area contributed by atoms with E-state index in [1.54, 1.807) is 23.5 Å². The molecule has 162 valence electrons. The fraction of sp³-hybridized carbons (Fsp3) is 0.217. The number of hydrogen-bond donors (Lipinski definition) is 5. The highest BCUT2D eigenvalue weighted by Gasteiger charge is 2.25. The Bertz CT molecular complexity index is 987. The van der Waals surface area contributed by atoms with Gasteiger partial charge in [-0.15, -0.1) is 11.3 Å². The molecule has 0 saturated carbocycles. The van der Waals surface area contributed by atoms with Crippen molar-refractivity contribution in [2.24, 2.45) is 0 Å². The summed E-state index contributed by atoms with van der Waals surface area (Å²) < 4.78 is 0. The molecular weight excluding hydrogens is 414 g/mol. The van der Waals surface area contributed by atoms with Crippen LogP contribution in [0.15, 0.2) is 66.0 Å². The number of amides is 2. The minimum absolute atomic E-state index is 0.342. The highest BCUT2D eigenvalue weighted by molar-refractivity contribution is 7.09. The lowest BCUT2D eigenvalue weighted by molar-refractivity contribution is -0.133. The van der Waals surface area contributed by atoms with E-state index in [9.17, 15) is 14.7 Å². The summed E-state index contributed by atoms with van der Waals surface area (Å²) in [6, 6.07) is 18.0. The largest absolute Gasteiger partial charge is 0.391 e. The van der Waals surface area contributed by atoms with Crippen molar-refractivity contribution in [3.63, 3.8) is 0 Å². The van der Waals surface area contributed by atoms with Crippen LogP contribution in [-0.4, -0.2) is 34.3 Å². The molecule has 0 aliphatic heterocycles. The summed E-state index contributed by atoms with van der Waals surface area (Å²) in [6.45, 7) is 2.98. The predicted molar refractivity (Wildman–Crippen MR) is 120 cm³/mol. The Morgan fingerprint density at radius 1 is 0.968 bits per heavy atom. The van der Waals surface area contributed by atoms with E-state index < -0.39 is 24.0 Å². The molecule has 0 aliphatic carbocycles. The van der Waals surface area contributed by atoms with Crippen molar-refractivity contribution >= 4 is 23.2 Å². The lowest BCUT2D eigenvalue weighted by atomic mass is 10.0. The molecule has 1 aromatic heterocycles. The average molecular weight is 440 g/mol. The smallest absolute Gasteiger partial charge is 0.268 e. The number of hydrogen-bond acceptors (Lipinski definition) is 6. The average Bonchev–Trinajstić information content (AvgIpc) is 3.31. The molecule has 0 radical (unpaired) electrons. The number of carbonyl (C=O) groups is 2. The monoisotopic (exact) mass is 439 g/mol. The highest BCUT2D eigenvalue weighted by atomic mass is 32.1. The number of nitrogens with one attached hydrogen (secondary N) is 3. The lowest BCUT2D eigenvalue weighted by Crippen LogP contribution is -2.51. The first-order valence-electron chi connectivity index (χ1n) is 9.83. The first-order chi connectivity index (χ1) is 15.0. The Balaban J connectivity index is 1.58. The maximum atomic E-state index is 12.4. The molecule has 31 heavy (non-hydrogen) atoms. The second-order valence-corrected chi connectivity index (χ2v) is 8.16. The van der Waals surface area contributed by atoms with Crippen LogP contribution in [0, 0.1) is 0 Å². The van der Waals surface area contributed by atoms with Gasteiger partial charge in [-0.05, 0) is 47.2 Å². The Morgan fingerprint density at radius 3 is 2.16 bits per heavy atom. The normalized spacial score (nSPS) is 12.7. The van der Waals surface area contributed by atoms with Gasteiger partial charge >= 0.3 is 0 Å². The van der Waals surface area contributed by atoms with E-state index in [4.69, 9.17) is 5.21 Å². The number of benzene rings is 2. The van der Waals surface area contributed by atoms with Crippen molar-refractivity contribution in [2.75, 3.05) is 0 Å². The van der Waals surface area contributed by atoms with Crippen molar-refractivity contribution in [1.29, 1.82) is 0 Å². The quantitative estimate of drug-likeness (QED) is 0.260. The van der Waals surface area contributed by atoms with Crippen LogP contribution in [0.2, 0.25) is 0 Å². The summed E-state index contributed by atoms with van der Waals surface area (Å²) in [5, 5.41) is 26.3. The number of carbonyl (C=O) groups excluding carboxylic acids is 2. The maximum Gasteiger partial charge on any atom is 0.268 e. The topological polar surface area (TPSA) is 111 Å². The van der Waals surface area contributed by atoms with E-state index in [1.165, 1.54) is 22.8 Å². The minimum atomic E-state index is -1.25. The molecule has 2 amide bonds. The molecular formula is C23H25N3O4S. The van der Waals surface area contributed by atoms with Crippen LogP contribution in [0.3, 0.4) is 0 Å². The van der Waals surface area contributed by atoms with Gasteiger partial charge < -0.3 is 15.7 Å². The Morgan fingerprint density at radius 2 is 1.61 bits per heavy atom. The fourth-order valence-corrected chi connectivity index (χ4v) is 3.75. The molecule has 0 spiro atoms. The van der Waals surface area contributed by atoms with Crippen molar-refractivity contribution < 1.29 is 19.9 Å². The summed E-state index contributed by atoms with van der Waals surface area (Å²) >= 11 is 1.73. The molecule has 5 N–H and O–H groups in total. The van der Waals surface area contributed by atoms with E-state index in [1.807, 2.05) is 30.3 Å². The third kappa shape index (κ3) is 6.22. The Kier molecular flexibility index (Phi) is 7.91. The summed E-state index contributed by atoms with van der Waals surface area (Å²) in [7, 11) is 0. The molecule has 7 nitrogen and oxygen atoms in total. The van der Waals surface area contributed by atoms with E-state index in [2.05, 4.69) is 34.2 Å². The van der Waals surface area contributed by atoms with Gasteiger partial charge in [-0.1, -0.05) is 42.5 Å². The summed E-state index contributed by atoms with van der Waals surface area (Å²) in [5.74, 6) is -1.40. The lowest BCUT2D eigenvalue weighted by Gasteiger charge is -2.19. The molecule has 0 bridgehead atoms. The fourth-order valence-electron chi connectivity index (χ4n) is 3.07. The van der Waals surface area contributed by atoms with Gasteiger partial charge in [-0.2, -0.15) is 0 Å². The molecule has 8 heteroatoms. The van der Waals surface area contributed by atoms with Gasteiger partial charge in [0.2, 0.25) is 0 Å². The SMILES string of the molecule is C[C@@H](O)[C@H](NC(=O)c1ccc(-c2ccc(CNCc3cccs3)cc2)cc1)C(=O)NO. The van der Waals surface area contributed by atoms with E-state index >= 15 is 0 Å². The number of aliphatic hydroxyl groups excluding tert-OH is 1. The summed E-state index contributed by atoms with van der Waals surface area (Å²) in [5.41, 5.74) is 4.94. The van der Waals surface area contributed by atoms with E-state index in [0.29, 0.717) is 5.56 Å². The molecule has 3 rings (SSSR count). The zero-order valence-electron chi connectivity index (χ0n) is 17.0. The summed E-state index contributed by atoms with van der Waals surface area (Å²) in [4.78, 5) is 25.2. The van der Waals surface area contributed by atoms with Crippen LogP contribution in [0.4, 0.5) is 0 Å². The van der Waals surface area contributed by atoms with Gasteiger partial charge in [-0.25, -0.2) is 5.48 Å². The molecule has 0 fully saturated rings. The first-order valence-corrected chi connectivity index (χ1v) is 10.7. The zero-order valence-corrected chi connectivity index (χ0v) is 17.9. The van der Waals surface area contributed by atoms with Crippen LogP contribution < -0.4 is 16.1 Å².